The standard InChI is InChI=1S/C16H16F3NO3S/c1-3-11-8-9-12(10-14(11)23-2)20-24(21,22)15-7-5-4-6-13(15)16(17,18)19/h4-10,20H,3H2,1-2H3. The van der Waals surface area contributed by atoms with Gasteiger partial charge in [0, 0.05) is 6.07 Å². The second-order valence-electron chi connectivity index (χ2n) is 4.98. The van der Waals surface area contributed by atoms with Crippen LogP contribution >= 0.6 is 0 Å². The summed E-state index contributed by atoms with van der Waals surface area (Å²) in [6, 6.07) is 8.61. The third kappa shape index (κ3) is 3.81. The Bertz CT molecular complexity index is 833. The number of halogens is 3. The summed E-state index contributed by atoms with van der Waals surface area (Å²) >= 11 is 0. The molecule has 0 bridgehead atoms. The van der Waals surface area contributed by atoms with Crippen LogP contribution < -0.4 is 9.46 Å². The van der Waals surface area contributed by atoms with Crippen LogP contribution in [0.5, 0.6) is 5.75 Å². The van der Waals surface area contributed by atoms with Gasteiger partial charge in [-0.1, -0.05) is 25.1 Å². The Morgan fingerprint density at radius 3 is 2.38 bits per heavy atom. The van der Waals surface area contributed by atoms with Gasteiger partial charge in [0.2, 0.25) is 0 Å². The highest BCUT2D eigenvalue weighted by atomic mass is 32.2. The Morgan fingerprint density at radius 2 is 1.79 bits per heavy atom. The molecule has 0 aromatic heterocycles. The second-order valence-corrected chi connectivity index (χ2v) is 6.63. The van der Waals surface area contributed by atoms with E-state index in [-0.39, 0.29) is 5.69 Å². The molecular formula is C16H16F3NO3S. The summed E-state index contributed by atoms with van der Waals surface area (Å²) in [4.78, 5) is -0.823. The Labute approximate surface area is 138 Å². The van der Waals surface area contributed by atoms with Gasteiger partial charge in [0.15, 0.2) is 0 Å². The molecule has 2 aromatic rings. The molecule has 0 radical (unpaired) electrons. The van der Waals surface area contributed by atoms with Crippen molar-refractivity contribution >= 4 is 15.7 Å². The van der Waals surface area contributed by atoms with Gasteiger partial charge in [-0.15, -0.1) is 0 Å². The highest BCUT2D eigenvalue weighted by molar-refractivity contribution is 7.92. The van der Waals surface area contributed by atoms with E-state index in [0.717, 1.165) is 23.8 Å². The van der Waals surface area contributed by atoms with Crippen molar-refractivity contribution in [3.05, 3.63) is 53.6 Å². The van der Waals surface area contributed by atoms with Crippen molar-refractivity contribution < 1.29 is 26.3 Å². The maximum Gasteiger partial charge on any atom is 0.417 e. The molecule has 0 aliphatic carbocycles. The number of benzene rings is 2. The quantitative estimate of drug-likeness (QED) is 0.875. The van der Waals surface area contributed by atoms with Crippen LogP contribution in [0.15, 0.2) is 47.4 Å². The van der Waals surface area contributed by atoms with Gasteiger partial charge in [0.05, 0.1) is 23.3 Å². The van der Waals surface area contributed by atoms with Crippen LogP contribution in [0.1, 0.15) is 18.1 Å². The topological polar surface area (TPSA) is 55.4 Å². The summed E-state index contributed by atoms with van der Waals surface area (Å²) < 4.78 is 71.1. The lowest BCUT2D eigenvalue weighted by Gasteiger charge is -2.15. The van der Waals surface area contributed by atoms with Crippen molar-refractivity contribution in [2.24, 2.45) is 0 Å². The lowest BCUT2D eigenvalue weighted by Crippen LogP contribution is -2.19. The fourth-order valence-corrected chi connectivity index (χ4v) is 3.52. The van der Waals surface area contributed by atoms with Gasteiger partial charge in [-0.2, -0.15) is 13.2 Å². The van der Waals surface area contributed by atoms with Crippen LogP contribution in [0.2, 0.25) is 0 Å². The summed E-state index contributed by atoms with van der Waals surface area (Å²) in [5.74, 6) is 0.460. The minimum Gasteiger partial charge on any atom is -0.496 e. The molecule has 0 aliphatic heterocycles. The first-order valence-electron chi connectivity index (χ1n) is 7.05. The van der Waals surface area contributed by atoms with Gasteiger partial charge in [-0.25, -0.2) is 8.42 Å². The molecule has 0 unspecified atom stereocenters. The first kappa shape index (κ1) is 18.1. The van der Waals surface area contributed by atoms with E-state index in [0.29, 0.717) is 12.2 Å². The van der Waals surface area contributed by atoms with Crippen LogP contribution in [0.3, 0.4) is 0 Å². The Balaban J connectivity index is 2.44. The number of anilines is 1. The molecular weight excluding hydrogens is 343 g/mol. The fourth-order valence-electron chi connectivity index (χ4n) is 2.25. The number of aryl methyl sites for hydroxylation is 1. The van der Waals surface area contributed by atoms with Crippen molar-refractivity contribution in [1.82, 2.24) is 0 Å². The number of nitrogens with one attached hydrogen (secondary N) is 1. The molecule has 2 rings (SSSR count). The first-order valence-corrected chi connectivity index (χ1v) is 8.53. The lowest BCUT2D eigenvalue weighted by atomic mass is 10.1. The number of ether oxygens (including phenoxy) is 1. The predicted molar refractivity (Wildman–Crippen MR) is 84.6 cm³/mol. The molecule has 0 spiro atoms. The predicted octanol–water partition coefficient (Wildman–Crippen LogP) is 4.08. The SMILES string of the molecule is CCc1ccc(NS(=O)(=O)c2ccccc2C(F)(F)F)cc1OC. The highest BCUT2D eigenvalue weighted by Crippen LogP contribution is 2.35. The molecule has 24 heavy (non-hydrogen) atoms. The Morgan fingerprint density at radius 1 is 1.12 bits per heavy atom. The minimum atomic E-state index is -4.77. The van der Waals surface area contributed by atoms with E-state index in [4.69, 9.17) is 4.74 Å². The Hall–Kier alpha value is -2.22. The van der Waals surface area contributed by atoms with E-state index in [1.165, 1.54) is 25.3 Å². The molecule has 0 saturated carbocycles. The van der Waals surface area contributed by atoms with Crippen LogP contribution in [0, 0.1) is 0 Å². The molecule has 0 atom stereocenters. The van der Waals surface area contributed by atoms with Gasteiger partial charge >= 0.3 is 6.18 Å². The third-order valence-electron chi connectivity index (χ3n) is 3.40. The zero-order chi connectivity index (χ0) is 18.0. The van der Waals surface area contributed by atoms with Crippen molar-refractivity contribution in [3.63, 3.8) is 0 Å². The van der Waals surface area contributed by atoms with Gasteiger partial charge in [-0.3, -0.25) is 4.72 Å². The number of alkyl halides is 3. The number of sulfonamides is 1. The van der Waals surface area contributed by atoms with E-state index in [1.54, 1.807) is 6.07 Å². The zero-order valence-corrected chi connectivity index (χ0v) is 13.8. The normalized spacial score (nSPS) is 12.0. The molecule has 130 valence electrons. The summed E-state index contributed by atoms with van der Waals surface area (Å²) in [5, 5.41) is 0. The molecule has 0 fully saturated rings. The third-order valence-corrected chi connectivity index (χ3v) is 4.84. The summed E-state index contributed by atoms with van der Waals surface area (Å²) in [7, 11) is -2.96. The van der Waals surface area contributed by atoms with E-state index >= 15 is 0 Å². The smallest absolute Gasteiger partial charge is 0.417 e. The van der Waals surface area contributed by atoms with E-state index < -0.39 is 26.7 Å². The molecule has 8 heteroatoms. The number of methoxy groups -OCH3 is 1. The molecule has 0 saturated heterocycles. The first-order chi connectivity index (χ1) is 11.2. The van der Waals surface area contributed by atoms with Gasteiger partial charge in [-0.05, 0) is 30.2 Å². The number of rotatable bonds is 5. The summed E-state index contributed by atoms with van der Waals surface area (Å²) in [5.41, 5.74) is -0.230. The minimum absolute atomic E-state index is 0.126. The van der Waals surface area contributed by atoms with Gasteiger partial charge in [0.25, 0.3) is 10.0 Å². The zero-order valence-electron chi connectivity index (χ0n) is 13.0. The largest absolute Gasteiger partial charge is 0.496 e. The van der Waals surface area contributed by atoms with Crippen molar-refractivity contribution in [2.75, 3.05) is 11.8 Å². The van der Waals surface area contributed by atoms with Gasteiger partial charge in [0.1, 0.15) is 5.75 Å². The van der Waals surface area contributed by atoms with Crippen molar-refractivity contribution in [3.8, 4) is 5.75 Å². The molecule has 2 aromatic carbocycles. The second kappa shape index (κ2) is 6.72. The number of hydrogen-bond donors (Lipinski definition) is 1. The monoisotopic (exact) mass is 359 g/mol. The number of hydrogen-bond acceptors (Lipinski definition) is 3. The van der Waals surface area contributed by atoms with E-state index in [9.17, 15) is 21.6 Å². The maximum atomic E-state index is 13.0. The lowest BCUT2D eigenvalue weighted by molar-refractivity contribution is -0.139. The summed E-state index contributed by atoms with van der Waals surface area (Å²) in [6.45, 7) is 1.90. The molecule has 0 amide bonds. The summed E-state index contributed by atoms with van der Waals surface area (Å²) in [6.07, 6.45) is -4.10. The average molecular weight is 359 g/mol. The fraction of sp³-hybridized carbons (Fsp3) is 0.250. The van der Waals surface area contributed by atoms with Crippen LogP contribution in [-0.4, -0.2) is 15.5 Å². The highest BCUT2D eigenvalue weighted by Gasteiger charge is 2.36. The molecule has 1 N–H and O–H groups in total. The molecule has 4 nitrogen and oxygen atoms in total. The van der Waals surface area contributed by atoms with Crippen LogP contribution in [0.4, 0.5) is 18.9 Å². The van der Waals surface area contributed by atoms with Crippen molar-refractivity contribution in [1.29, 1.82) is 0 Å². The molecule has 0 heterocycles. The Kier molecular flexibility index (Phi) is 5.08. The van der Waals surface area contributed by atoms with E-state index in [1.807, 2.05) is 6.92 Å². The van der Waals surface area contributed by atoms with Crippen LogP contribution in [-0.2, 0) is 22.6 Å². The molecule has 0 aliphatic rings. The maximum absolute atomic E-state index is 13.0. The van der Waals surface area contributed by atoms with Gasteiger partial charge < -0.3 is 4.74 Å². The van der Waals surface area contributed by atoms with Crippen molar-refractivity contribution in [2.45, 2.75) is 24.4 Å². The van der Waals surface area contributed by atoms with E-state index in [2.05, 4.69) is 4.72 Å². The average Bonchev–Trinajstić information content (AvgIpc) is 2.53. The van der Waals surface area contributed by atoms with Crippen LogP contribution in [0.25, 0.3) is 0 Å².